The summed E-state index contributed by atoms with van der Waals surface area (Å²) >= 11 is 0. The zero-order valence-electron chi connectivity index (χ0n) is 7.07. The van der Waals surface area contributed by atoms with E-state index in [1.165, 1.54) is 0 Å². The Morgan fingerprint density at radius 2 is 1.64 bits per heavy atom. The van der Waals surface area contributed by atoms with E-state index in [0.29, 0.717) is 0 Å². The van der Waals surface area contributed by atoms with E-state index in [0.717, 1.165) is 0 Å². The summed E-state index contributed by atoms with van der Waals surface area (Å²) in [6.45, 7) is 5.88. The molecule has 0 aliphatic rings. The lowest BCUT2D eigenvalue weighted by atomic mass is 10.3. The second kappa shape index (κ2) is 2.81. The highest BCUT2D eigenvalue weighted by Crippen LogP contribution is 2.13. The van der Waals surface area contributed by atoms with E-state index in [-0.39, 0.29) is 4.75 Å². The summed E-state index contributed by atoms with van der Waals surface area (Å²) in [5.41, 5.74) is 0. The second-order valence-corrected chi connectivity index (χ2v) is 5.55. The summed E-state index contributed by atoms with van der Waals surface area (Å²) in [4.78, 5) is 0. The third-order valence-electron chi connectivity index (χ3n) is 1.29. The minimum absolute atomic E-state index is 0.182. The Morgan fingerprint density at radius 3 is 2.00 bits per heavy atom. The van der Waals surface area contributed by atoms with Gasteiger partial charge in [0.25, 0.3) is 0 Å². The van der Waals surface area contributed by atoms with E-state index in [1.54, 1.807) is 3.97 Å². The number of rotatable bonds is 1. The van der Waals surface area contributed by atoms with E-state index in [4.69, 9.17) is 0 Å². The SMILES string of the molecule is CC(C)(C)S(=O)n1cccc1. The van der Waals surface area contributed by atoms with Crippen molar-refractivity contribution < 1.29 is 4.21 Å². The van der Waals surface area contributed by atoms with Crippen molar-refractivity contribution in [2.75, 3.05) is 0 Å². The summed E-state index contributed by atoms with van der Waals surface area (Å²) < 4.78 is 13.1. The fraction of sp³-hybridized carbons (Fsp3) is 0.500. The van der Waals surface area contributed by atoms with Gasteiger partial charge in [-0.1, -0.05) is 0 Å². The van der Waals surface area contributed by atoms with Crippen molar-refractivity contribution in [2.45, 2.75) is 25.5 Å². The monoisotopic (exact) mass is 171 g/mol. The highest BCUT2D eigenvalue weighted by molar-refractivity contribution is 7.84. The van der Waals surface area contributed by atoms with Crippen LogP contribution in [0.2, 0.25) is 0 Å². The van der Waals surface area contributed by atoms with E-state index in [9.17, 15) is 4.21 Å². The Labute approximate surface area is 69.8 Å². The molecule has 0 saturated carbocycles. The lowest BCUT2D eigenvalue weighted by Crippen LogP contribution is -2.26. The molecule has 0 fully saturated rings. The number of hydrogen-bond acceptors (Lipinski definition) is 1. The molecule has 0 N–H and O–H groups in total. The molecule has 0 spiro atoms. The number of aromatic nitrogens is 1. The van der Waals surface area contributed by atoms with Crippen molar-refractivity contribution in [3.8, 4) is 0 Å². The zero-order valence-corrected chi connectivity index (χ0v) is 7.89. The quantitative estimate of drug-likeness (QED) is 0.631. The maximum atomic E-state index is 11.6. The summed E-state index contributed by atoms with van der Waals surface area (Å²) in [6, 6.07) is 3.76. The van der Waals surface area contributed by atoms with Crippen molar-refractivity contribution in [3.05, 3.63) is 24.5 Å². The van der Waals surface area contributed by atoms with Crippen LogP contribution in [0.4, 0.5) is 0 Å². The molecule has 1 atom stereocenters. The molecule has 11 heavy (non-hydrogen) atoms. The van der Waals surface area contributed by atoms with Crippen LogP contribution >= 0.6 is 0 Å². The zero-order chi connectivity index (χ0) is 8.48. The van der Waals surface area contributed by atoms with Gasteiger partial charge in [0.15, 0.2) is 0 Å². The van der Waals surface area contributed by atoms with Crippen molar-refractivity contribution >= 4 is 11.0 Å². The summed E-state index contributed by atoms with van der Waals surface area (Å²) in [6.07, 6.45) is 3.64. The van der Waals surface area contributed by atoms with Gasteiger partial charge in [-0.15, -0.1) is 0 Å². The molecule has 0 saturated heterocycles. The standard InChI is InChI=1S/C8H13NOS/c1-8(2,3)11(10)9-6-4-5-7-9/h4-7H,1-3H3. The first kappa shape index (κ1) is 8.53. The van der Waals surface area contributed by atoms with Gasteiger partial charge in [-0.05, 0) is 32.9 Å². The summed E-state index contributed by atoms with van der Waals surface area (Å²) in [5, 5.41) is 0. The minimum Gasteiger partial charge on any atom is -0.274 e. The van der Waals surface area contributed by atoms with Crippen LogP contribution in [0.25, 0.3) is 0 Å². The number of nitrogens with zero attached hydrogens (tertiary/aromatic N) is 1. The average molecular weight is 171 g/mol. The molecule has 0 amide bonds. The highest BCUT2D eigenvalue weighted by atomic mass is 32.2. The van der Waals surface area contributed by atoms with Crippen molar-refractivity contribution in [1.82, 2.24) is 3.97 Å². The first-order valence-electron chi connectivity index (χ1n) is 3.57. The van der Waals surface area contributed by atoms with Gasteiger partial charge >= 0.3 is 0 Å². The predicted molar refractivity (Wildman–Crippen MR) is 47.7 cm³/mol. The molecule has 0 aliphatic carbocycles. The van der Waals surface area contributed by atoms with Crippen LogP contribution in [0, 0.1) is 0 Å². The van der Waals surface area contributed by atoms with Gasteiger partial charge in [-0.2, -0.15) is 0 Å². The molecule has 0 radical (unpaired) electrons. The van der Waals surface area contributed by atoms with E-state index >= 15 is 0 Å². The normalized spacial score (nSPS) is 14.8. The Kier molecular flexibility index (Phi) is 2.18. The molecular formula is C8H13NOS. The molecule has 1 unspecified atom stereocenters. The van der Waals surface area contributed by atoms with Gasteiger partial charge < -0.3 is 0 Å². The fourth-order valence-electron chi connectivity index (χ4n) is 0.746. The Morgan fingerprint density at radius 1 is 1.18 bits per heavy atom. The van der Waals surface area contributed by atoms with Gasteiger partial charge in [0.05, 0.1) is 4.75 Å². The van der Waals surface area contributed by atoms with Gasteiger partial charge in [-0.25, -0.2) is 4.21 Å². The lowest BCUT2D eigenvalue weighted by Gasteiger charge is -2.17. The van der Waals surface area contributed by atoms with Gasteiger partial charge in [0.2, 0.25) is 0 Å². The molecule has 1 rings (SSSR count). The van der Waals surface area contributed by atoms with Gasteiger partial charge in [0.1, 0.15) is 11.0 Å². The number of hydrogen-bond donors (Lipinski definition) is 0. The predicted octanol–water partition coefficient (Wildman–Crippen LogP) is 1.80. The van der Waals surface area contributed by atoms with Crippen LogP contribution in [-0.2, 0) is 11.0 Å². The van der Waals surface area contributed by atoms with Crippen LogP contribution in [0.5, 0.6) is 0 Å². The molecule has 3 heteroatoms. The minimum atomic E-state index is -0.953. The highest BCUT2D eigenvalue weighted by Gasteiger charge is 2.20. The van der Waals surface area contributed by atoms with E-state index in [1.807, 2.05) is 45.3 Å². The molecule has 0 aromatic carbocycles. The summed E-state index contributed by atoms with van der Waals surface area (Å²) in [5.74, 6) is 0. The van der Waals surface area contributed by atoms with Crippen LogP contribution in [0.1, 0.15) is 20.8 Å². The molecule has 0 bridgehead atoms. The molecular weight excluding hydrogens is 158 g/mol. The third kappa shape index (κ3) is 1.93. The van der Waals surface area contributed by atoms with Crippen molar-refractivity contribution in [2.24, 2.45) is 0 Å². The lowest BCUT2D eigenvalue weighted by molar-refractivity contribution is 0.641. The second-order valence-electron chi connectivity index (χ2n) is 3.40. The first-order chi connectivity index (χ1) is 5.02. The fourth-order valence-corrected chi connectivity index (χ4v) is 1.74. The van der Waals surface area contributed by atoms with Crippen LogP contribution < -0.4 is 0 Å². The Hall–Kier alpha value is -0.570. The largest absolute Gasteiger partial charge is 0.274 e. The Bertz CT molecular complexity index is 246. The average Bonchev–Trinajstić information content (AvgIpc) is 2.34. The maximum Gasteiger partial charge on any atom is 0.128 e. The van der Waals surface area contributed by atoms with Crippen molar-refractivity contribution in [1.29, 1.82) is 0 Å². The maximum absolute atomic E-state index is 11.6. The third-order valence-corrected chi connectivity index (χ3v) is 2.97. The smallest absolute Gasteiger partial charge is 0.128 e. The van der Waals surface area contributed by atoms with Gasteiger partial charge in [0, 0.05) is 12.4 Å². The molecule has 1 aromatic heterocycles. The van der Waals surface area contributed by atoms with Crippen molar-refractivity contribution in [3.63, 3.8) is 0 Å². The molecule has 1 aromatic rings. The van der Waals surface area contributed by atoms with E-state index < -0.39 is 11.0 Å². The molecule has 62 valence electrons. The summed E-state index contributed by atoms with van der Waals surface area (Å²) in [7, 11) is -0.953. The van der Waals surface area contributed by atoms with Crippen LogP contribution in [0.15, 0.2) is 24.5 Å². The van der Waals surface area contributed by atoms with E-state index in [2.05, 4.69) is 0 Å². The van der Waals surface area contributed by atoms with Crippen LogP contribution in [-0.4, -0.2) is 12.9 Å². The van der Waals surface area contributed by atoms with Crippen LogP contribution in [0.3, 0.4) is 0 Å². The molecule has 0 aliphatic heterocycles. The first-order valence-corrected chi connectivity index (χ1v) is 4.68. The topological polar surface area (TPSA) is 22.0 Å². The van der Waals surface area contributed by atoms with Gasteiger partial charge in [-0.3, -0.25) is 3.97 Å². The molecule has 1 heterocycles. The molecule has 2 nitrogen and oxygen atoms in total. The Balaban J connectivity index is 2.88.